The Morgan fingerprint density at radius 2 is 1.20 bits per heavy atom. The number of rotatable bonds is 5. The van der Waals surface area contributed by atoms with Crippen LogP contribution in [0.3, 0.4) is 0 Å². The molecule has 0 atom stereocenters. The molecule has 0 heterocycles. The minimum atomic E-state index is -1.28. The Kier molecular flexibility index (Phi) is 5.75. The summed E-state index contributed by atoms with van der Waals surface area (Å²) in [5.74, 6) is -1.40. The molecule has 0 aliphatic carbocycles. The second-order valence-electron chi connectivity index (χ2n) is 11.1. The first-order chi connectivity index (χ1) is 16.2. The second kappa shape index (κ2) is 8.22. The zero-order valence-electron chi connectivity index (χ0n) is 21.3. The van der Waals surface area contributed by atoms with Gasteiger partial charge in [0.2, 0.25) is 5.91 Å². The molecule has 0 aromatic heterocycles. The Morgan fingerprint density at radius 1 is 0.657 bits per heavy atom. The quantitative estimate of drug-likeness (QED) is 0.304. The second-order valence-corrected chi connectivity index (χ2v) is 11.1. The van der Waals surface area contributed by atoms with E-state index in [0.29, 0.717) is 5.56 Å². The molecule has 6 heteroatoms. The molecule has 0 saturated carbocycles. The number of carbonyl (C=O) groups excluding carboxylic acids is 3. The minimum absolute atomic E-state index is 0.363. The third-order valence-corrected chi connectivity index (χ3v) is 6.10. The van der Waals surface area contributed by atoms with E-state index >= 15 is 0 Å². The van der Waals surface area contributed by atoms with E-state index in [1.54, 1.807) is 54.5 Å². The van der Waals surface area contributed by atoms with Gasteiger partial charge in [-0.3, -0.25) is 9.59 Å². The lowest BCUT2D eigenvalue weighted by atomic mass is 9.91. The molecule has 0 aliphatic rings. The fraction of sp³-hybridized carbons (Fsp3) is 0.345. The van der Waals surface area contributed by atoms with Crippen LogP contribution in [0.15, 0.2) is 54.6 Å². The van der Waals surface area contributed by atoms with Gasteiger partial charge in [0.15, 0.2) is 0 Å². The van der Waals surface area contributed by atoms with Crippen molar-refractivity contribution in [1.29, 1.82) is 0 Å². The number of esters is 1. The average molecular weight is 473 g/mol. The summed E-state index contributed by atoms with van der Waals surface area (Å²) in [4.78, 5) is 39.1. The van der Waals surface area contributed by atoms with Crippen molar-refractivity contribution >= 4 is 50.1 Å². The van der Waals surface area contributed by atoms with Gasteiger partial charge in [-0.25, -0.2) is 4.79 Å². The van der Waals surface area contributed by atoms with E-state index in [9.17, 15) is 14.4 Å². The highest BCUT2D eigenvalue weighted by Gasteiger charge is 2.39. The number of nitrogens with one attached hydrogen (secondary N) is 2. The molecule has 0 aliphatic heterocycles. The van der Waals surface area contributed by atoms with E-state index < -0.39 is 28.6 Å². The van der Waals surface area contributed by atoms with Gasteiger partial charge in [0.25, 0.3) is 5.91 Å². The normalized spacial score (nSPS) is 12.8. The zero-order chi connectivity index (χ0) is 25.8. The van der Waals surface area contributed by atoms with Crippen LogP contribution < -0.4 is 10.6 Å². The monoisotopic (exact) mass is 472 g/mol. The fourth-order valence-corrected chi connectivity index (χ4v) is 4.24. The number of carbonyl (C=O) groups is 3. The lowest BCUT2D eigenvalue weighted by Crippen LogP contribution is -2.61. The van der Waals surface area contributed by atoms with Crippen molar-refractivity contribution in [3.63, 3.8) is 0 Å². The number of amides is 2. The number of ether oxygens (including phenoxy) is 1. The maximum absolute atomic E-state index is 13.4. The number of hydrogen-bond donors (Lipinski definition) is 2. The summed E-state index contributed by atoms with van der Waals surface area (Å²) in [7, 11) is 0. The molecule has 4 rings (SSSR count). The molecule has 0 radical (unpaired) electrons. The van der Waals surface area contributed by atoms with Crippen molar-refractivity contribution in [2.24, 2.45) is 0 Å². The Bertz CT molecular complexity index is 1440. The molecule has 0 unspecified atom stereocenters. The van der Waals surface area contributed by atoms with Gasteiger partial charge in [-0.2, -0.15) is 0 Å². The maximum atomic E-state index is 13.4. The molecule has 4 aromatic carbocycles. The summed E-state index contributed by atoms with van der Waals surface area (Å²) >= 11 is 0. The van der Waals surface area contributed by atoms with Crippen LogP contribution in [0.5, 0.6) is 0 Å². The molecule has 0 saturated heterocycles. The van der Waals surface area contributed by atoms with Gasteiger partial charge in [0, 0.05) is 5.56 Å². The summed E-state index contributed by atoms with van der Waals surface area (Å²) in [6, 6.07) is 18.0. The third-order valence-electron chi connectivity index (χ3n) is 6.10. The zero-order valence-corrected chi connectivity index (χ0v) is 21.3. The standard InChI is InChI=1S/C29H32N2O4/c1-27(2,3)35-26(34)29(6,7)31-25(33)28(4,5)30-24(32)21-16-14-19-12-11-17-9-8-10-18-13-15-20(21)23(19)22(17)18/h8-16H,1-7H3,(H,30,32)(H,31,33). The van der Waals surface area contributed by atoms with Gasteiger partial charge >= 0.3 is 5.97 Å². The lowest BCUT2D eigenvalue weighted by Gasteiger charge is -2.33. The van der Waals surface area contributed by atoms with E-state index in [1.807, 2.05) is 24.3 Å². The van der Waals surface area contributed by atoms with Crippen molar-refractivity contribution in [1.82, 2.24) is 10.6 Å². The van der Waals surface area contributed by atoms with Crippen LogP contribution in [0.25, 0.3) is 32.3 Å². The summed E-state index contributed by atoms with van der Waals surface area (Å²) in [6.45, 7) is 11.7. The van der Waals surface area contributed by atoms with Crippen molar-refractivity contribution in [2.75, 3.05) is 0 Å². The Hall–Kier alpha value is -3.67. The summed E-state index contributed by atoms with van der Waals surface area (Å²) in [5.41, 5.74) is -2.74. The molecule has 35 heavy (non-hydrogen) atoms. The van der Waals surface area contributed by atoms with Crippen molar-refractivity contribution in [3.8, 4) is 0 Å². The van der Waals surface area contributed by atoms with Gasteiger partial charge < -0.3 is 15.4 Å². The van der Waals surface area contributed by atoms with Crippen LogP contribution >= 0.6 is 0 Å². The van der Waals surface area contributed by atoms with Crippen LogP contribution in [-0.2, 0) is 14.3 Å². The highest BCUT2D eigenvalue weighted by atomic mass is 16.6. The molecule has 0 spiro atoms. The van der Waals surface area contributed by atoms with E-state index in [4.69, 9.17) is 4.74 Å². The van der Waals surface area contributed by atoms with Gasteiger partial charge in [-0.15, -0.1) is 0 Å². The van der Waals surface area contributed by atoms with Crippen molar-refractivity contribution < 1.29 is 19.1 Å². The SMILES string of the molecule is CC(C)(C)OC(=O)C(C)(C)NC(=O)C(C)(C)NC(=O)c1ccc2ccc3cccc4ccc1c2c34. The topological polar surface area (TPSA) is 84.5 Å². The first-order valence-corrected chi connectivity index (χ1v) is 11.7. The van der Waals surface area contributed by atoms with Crippen LogP contribution in [0.4, 0.5) is 0 Å². The van der Waals surface area contributed by atoms with Gasteiger partial charge in [-0.1, -0.05) is 48.5 Å². The van der Waals surface area contributed by atoms with Crippen molar-refractivity contribution in [3.05, 3.63) is 60.2 Å². The molecule has 0 fully saturated rings. The summed E-state index contributed by atoms with van der Waals surface area (Å²) < 4.78 is 5.43. The predicted octanol–water partition coefficient (Wildman–Crippen LogP) is 5.33. The average Bonchev–Trinajstić information content (AvgIpc) is 2.75. The Balaban J connectivity index is 1.62. The first-order valence-electron chi connectivity index (χ1n) is 11.7. The highest BCUT2D eigenvalue weighted by Crippen LogP contribution is 2.36. The fourth-order valence-electron chi connectivity index (χ4n) is 4.24. The van der Waals surface area contributed by atoms with Gasteiger partial charge in [0.1, 0.15) is 16.7 Å². The molecular weight excluding hydrogens is 440 g/mol. The van der Waals surface area contributed by atoms with E-state index in [1.165, 1.54) is 0 Å². The summed E-state index contributed by atoms with van der Waals surface area (Å²) in [6.07, 6.45) is 0. The Labute approximate surface area is 205 Å². The molecule has 182 valence electrons. The third kappa shape index (κ3) is 4.65. The molecule has 0 bridgehead atoms. The predicted molar refractivity (Wildman–Crippen MR) is 140 cm³/mol. The molecule has 2 amide bonds. The van der Waals surface area contributed by atoms with E-state index in [-0.39, 0.29) is 5.91 Å². The van der Waals surface area contributed by atoms with Crippen LogP contribution in [0.1, 0.15) is 58.8 Å². The van der Waals surface area contributed by atoms with E-state index in [2.05, 4.69) is 34.9 Å². The molecule has 6 nitrogen and oxygen atoms in total. The molecule has 4 aromatic rings. The highest BCUT2D eigenvalue weighted by molar-refractivity contribution is 6.26. The number of benzene rings is 4. The Morgan fingerprint density at radius 3 is 1.80 bits per heavy atom. The van der Waals surface area contributed by atoms with Crippen LogP contribution in [-0.4, -0.2) is 34.5 Å². The summed E-state index contributed by atoms with van der Waals surface area (Å²) in [5, 5.41) is 11.8. The van der Waals surface area contributed by atoms with Gasteiger partial charge in [0.05, 0.1) is 0 Å². The molecular formula is C29H32N2O4. The van der Waals surface area contributed by atoms with Crippen LogP contribution in [0, 0.1) is 0 Å². The minimum Gasteiger partial charge on any atom is -0.458 e. The van der Waals surface area contributed by atoms with Crippen molar-refractivity contribution in [2.45, 2.75) is 65.1 Å². The van der Waals surface area contributed by atoms with Gasteiger partial charge in [-0.05, 0) is 86.8 Å². The van der Waals surface area contributed by atoms with Crippen LogP contribution in [0.2, 0.25) is 0 Å². The lowest BCUT2D eigenvalue weighted by molar-refractivity contribution is -0.163. The maximum Gasteiger partial charge on any atom is 0.331 e. The largest absolute Gasteiger partial charge is 0.458 e. The first kappa shape index (κ1) is 24.5. The smallest absolute Gasteiger partial charge is 0.331 e. The van der Waals surface area contributed by atoms with E-state index in [0.717, 1.165) is 32.3 Å². The molecule has 2 N–H and O–H groups in total. The number of hydrogen-bond acceptors (Lipinski definition) is 4.